The SMILES string of the molecule is O=C(Nc1ccc2ccccc2n1)N(c1ccccc1)c1ccccc1. The lowest BCUT2D eigenvalue weighted by atomic mass is 10.2. The largest absolute Gasteiger partial charge is 0.332 e. The molecule has 0 bridgehead atoms. The van der Waals surface area contributed by atoms with Crippen LogP contribution in [0.1, 0.15) is 0 Å². The molecule has 4 nitrogen and oxygen atoms in total. The highest BCUT2D eigenvalue weighted by molar-refractivity contribution is 6.06. The zero-order chi connectivity index (χ0) is 17.8. The number of carbonyl (C=O) groups is 1. The molecule has 3 aromatic carbocycles. The highest BCUT2D eigenvalue weighted by Gasteiger charge is 2.18. The van der Waals surface area contributed by atoms with E-state index in [1.807, 2.05) is 97.1 Å². The summed E-state index contributed by atoms with van der Waals surface area (Å²) in [6.07, 6.45) is 0. The number of rotatable bonds is 3. The van der Waals surface area contributed by atoms with Crippen molar-refractivity contribution in [3.05, 3.63) is 97.1 Å². The molecule has 0 fully saturated rings. The Bertz CT molecular complexity index is 993. The summed E-state index contributed by atoms with van der Waals surface area (Å²) in [6.45, 7) is 0. The first-order valence-corrected chi connectivity index (χ1v) is 8.38. The van der Waals surface area contributed by atoms with Crippen LogP contribution in [-0.2, 0) is 0 Å². The molecule has 0 radical (unpaired) electrons. The minimum atomic E-state index is -0.259. The highest BCUT2D eigenvalue weighted by atomic mass is 16.2. The summed E-state index contributed by atoms with van der Waals surface area (Å²) in [7, 11) is 0. The Kier molecular flexibility index (Phi) is 4.31. The summed E-state index contributed by atoms with van der Waals surface area (Å²) >= 11 is 0. The summed E-state index contributed by atoms with van der Waals surface area (Å²) in [6, 6.07) is 30.4. The van der Waals surface area contributed by atoms with Gasteiger partial charge in [0.2, 0.25) is 0 Å². The van der Waals surface area contributed by atoms with Crippen molar-refractivity contribution in [1.29, 1.82) is 0 Å². The quantitative estimate of drug-likeness (QED) is 0.527. The predicted molar refractivity (Wildman–Crippen MR) is 106 cm³/mol. The molecular formula is C22H17N3O. The molecule has 0 unspecified atom stereocenters. The molecule has 0 atom stereocenters. The Balaban J connectivity index is 1.68. The second-order valence-corrected chi connectivity index (χ2v) is 5.83. The van der Waals surface area contributed by atoms with E-state index in [-0.39, 0.29) is 6.03 Å². The van der Waals surface area contributed by atoms with Crippen molar-refractivity contribution in [2.24, 2.45) is 0 Å². The van der Waals surface area contributed by atoms with Gasteiger partial charge in [-0.1, -0.05) is 54.6 Å². The van der Waals surface area contributed by atoms with Gasteiger partial charge in [0.25, 0.3) is 0 Å². The van der Waals surface area contributed by atoms with Gasteiger partial charge in [-0.2, -0.15) is 0 Å². The Labute approximate surface area is 151 Å². The van der Waals surface area contributed by atoms with Crippen molar-refractivity contribution < 1.29 is 4.79 Å². The molecule has 1 aromatic heterocycles. The van der Waals surface area contributed by atoms with E-state index in [1.165, 1.54) is 0 Å². The first kappa shape index (κ1) is 15.8. The second kappa shape index (κ2) is 7.07. The number of fused-ring (bicyclic) bond motifs is 1. The molecular weight excluding hydrogens is 322 g/mol. The van der Waals surface area contributed by atoms with Crippen LogP contribution >= 0.6 is 0 Å². The number of aromatic nitrogens is 1. The number of nitrogens with zero attached hydrogens (tertiary/aromatic N) is 2. The molecule has 4 rings (SSSR count). The molecule has 4 heteroatoms. The Morgan fingerprint density at radius 2 is 1.27 bits per heavy atom. The lowest BCUT2D eigenvalue weighted by Crippen LogP contribution is -2.31. The average Bonchev–Trinajstić information content (AvgIpc) is 2.70. The summed E-state index contributed by atoms with van der Waals surface area (Å²) < 4.78 is 0. The summed E-state index contributed by atoms with van der Waals surface area (Å²) in [4.78, 5) is 19.2. The number of benzene rings is 3. The standard InChI is InChI=1S/C22H17N3O/c26-22(24-21-16-15-17-9-7-8-14-20(17)23-21)25(18-10-3-1-4-11-18)19-12-5-2-6-13-19/h1-16H,(H,23,24,26). The van der Waals surface area contributed by atoms with Gasteiger partial charge in [-0.05, 0) is 42.5 Å². The van der Waals surface area contributed by atoms with Gasteiger partial charge in [0, 0.05) is 5.39 Å². The van der Waals surface area contributed by atoms with Gasteiger partial charge in [0.05, 0.1) is 16.9 Å². The number of hydrogen-bond acceptors (Lipinski definition) is 2. The minimum Gasteiger partial charge on any atom is -0.292 e. The normalized spacial score (nSPS) is 10.5. The van der Waals surface area contributed by atoms with Crippen LogP contribution < -0.4 is 10.2 Å². The van der Waals surface area contributed by atoms with Crippen molar-refractivity contribution in [2.45, 2.75) is 0 Å². The van der Waals surface area contributed by atoms with Crippen LogP contribution in [-0.4, -0.2) is 11.0 Å². The van der Waals surface area contributed by atoms with Crippen molar-refractivity contribution in [2.75, 3.05) is 10.2 Å². The zero-order valence-corrected chi connectivity index (χ0v) is 14.0. The van der Waals surface area contributed by atoms with Crippen LogP contribution in [0.5, 0.6) is 0 Å². The molecule has 4 aromatic rings. The van der Waals surface area contributed by atoms with E-state index in [1.54, 1.807) is 4.90 Å². The van der Waals surface area contributed by atoms with Gasteiger partial charge >= 0.3 is 6.03 Å². The van der Waals surface area contributed by atoms with E-state index in [4.69, 9.17) is 0 Å². The van der Waals surface area contributed by atoms with Crippen molar-refractivity contribution >= 4 is 34.1 Å². The molecule has 0 aliphatic carbocycles. The third-order valence-electron chi connectivity index (χ3n) is 4.07. The lowest BCUT2D eigenvalue weighted by Gasteiger charge is -2.23. The van der Waals surface area contributed by atoms with Gasteiger partial charge in [-0.3, -0.25) is 10.2 Å². The molecule has 0 aliphatic rings. The molecule has 0 spiro atoms. The number of para-hydroxylation sites is 3. The van der Waals surface area contributed by atoms with E-state index in [2.05, 4.69) is 10.3 Å². The molecule has 26 heavy (non-hydrogen) atoms. The monoisotopic (exact) mass is 339 g/mol. The molecule has 0 aliphatic heterocycles. The fourth-order valence-corrected chi connectivity index (χ4v) is 2.84. The Morgan fingerprint density at radius 1 is 0.692 bits per heavy atom. The van der Waals surface area contributed by atoms with Gasteiger partial charge in [-0.25, -0.2) is 9.78 Å². The number of pyridine rings is 1. The highest BCUT2D eigenvalue weighted by Crippen LogP contribution is 2.26. The first-order valence-electron chi connectivity index (χ1n) is 8.38. The fraction of sp³-hybridized carbons (Fsp3) is 0. The first-order chi connectivity index (χ1) is 12.8. The third-order valence-corrected chi connectivity index (χ3v) is 4.07. The average molecular weight is 339 g/mol. The molecule has 1 N–H and O–H groups in total. The zero-order valence-electron chi connectivity index (χ0n) is 14.0. The van der Waals surface area contributed by atoms with E-state index in [9.17, 15) is 4.79 Å². The molecule has 0 saturated carbocycles. The smallest absolute Gasteiger partial charge is 0.292 e. The molecule has 1 heterocycles. The van der Waals surface area contributed by atoms with Crippen LogP contribution in [0.25, 0.3) is 10.9 Å². The van der Waals surface area contributed by atoms with Crippen LogP contribution in [0.2, 0.25) is 0 Å². The maximum absolute atomic E-state index is 13.0. The molecule has 126 valence electrons. The van der Waals surface area contributed by atoms with Crippen LogP contribution in [0.3, 0.4) is 0 Å². The van der Waals surface area contributed by atoms with Crippen molar-refractivity contribution in [1.82, 2.24) is 4.98 Å². The topological polar surface area (TPSA) is 45.2 Å². The van der Waals surface area contributed by atoms with Gasteiger partial charge < -0.3 is 0 Å². The van der Waals surface area contributed by atoms with Crippen LogP contribution in [0, 0.1) is 0 Å². The van der Waals surface area contributed by atoms with E-state index >= 15 is 0 Å². The fourth-order valence-electron chi connectivity index (χ4n) is 2.84. The summed E-state index contributed by atoms with van der Waals surface area (Å²) in [5.41, 5.74) is 2.42. The van der Waals surface area contributed by atoms with Crippen molar-refractivity contribution in [3.8, 4) is 0 Å². The summed E-state index contributed by atoms with van der Waals surface area (Å²) in [5.74, 6) is 0.519. The Hall–Kier alpha value is -3.66. The number of anilines is 3. The number of urea groups is 1. The van der Waals surface area contributed by atoms with Gasteiger partial charge in [0.1, 0.15) is 5.82 Å². The van der Waals surface area contributed by atoms with E-state index in [0.29, 0.717) is 5.82 Å². The molecule has 2 amide bonds. The maximum Gasteiger partial charge on any atom is 0.332 e. The van der Waals surface area contributed by atoms with E-state index < -0.39 is 0 Å². The van der Waals surface area contributed by atoms with Crippen LogP contribution in [0.4, 0.5) is 22.0 Å². The Morgan fingerprint density at radius 3 is 1.92 bits per heavy atom. The van der Waals surface area contributed by atoms with Gasteiger partial charge in [-0.15, -0.1) is 0 Å². The van der Waals surface area contributed by atoms with Crippen molar-refractivity contribution in [3.63, 3.8) is 0 Å². The number of hydrogen-bond donors (Lipinski definition) is 1. The van der Waals surface area contributed by atoms with E-state index in [0.717, 1.165) is 22.3 Å². The third kappa shape index (κ3) is 3.26. The van der Waals surface area contributed by atoms with Crippen LogP contribution in [0.15, 0.2) is 97.1 Å². The number of nitrogens with one attached hydrogen (secondary N) is 1. The molecule has 0 saturated heterocycles. The summed E-state index contributed by atoms with van der Waals surface area (Å²) in [5, 5.41) is 3.94. The van der Waals surface area contributed by atoms with Gasteiger partial charge in [0.15, 0.2) is 0 Å². The minimum absolute atomic E-state index is 0.259. The number of amides is 2. The number of carbonyl (C=O) groups excluding carboxylic acids is 1. The lowest BCUT2D eigenvalue weighted by molar-refractivity contribution is 0.259. The predicted octanol–water partition coefficient (Wildman–Crippen LogP) is 5.61. The second-order valence-electron chi connectivity index (χ2n) is 5.83. The maximum atomic E-state index is 13.0.